The van der Waals surface area contributed by atoms with Crippen LogP contribution in [0.5, 0.6) is 0 Å². The molecular weight excluding hydrogens is 441 g/mol. The van der Waals surface area contributed by atoms with Crippen molar-refractivity contribution in [1.29, 1.82) is 0 Å². The van der Waals surface area contributed by atoms with Crippen LogP contribution < -0.4 is 10.6 Å². The quantitative estimate of drug-likeness (QED) is 0.422. The third-order valence-corrected chi connectivity index (χ3v) is 5.95. The van der Waals surface area contributed by atoms with Gasteiger partial charge >= 0.3 is 0 Å². The Morgan fingerprint density at radius 2 is 2.15 bits per heavy atom. The summed E-state index contributed by atoms with van der Waals surface area (Å²) in [5.41, 5.74) is 5.39. The van der Waals surface area contributed by atoms with Crippen molar-refractivity contribution in [2.24, 2.45) is 5.92 Å². The van der Waals surface area contributed by atoms with Gasteiger partial charge in [0.25, 0.3) is 0 Å². The van der Waals surface area contributed by atoms with E-state index in [-0.39, 0.29) is 12.3 Å². The zero-order valence-corrected chi connectivity index (χ0v) is 19.7. The van der Waals surface area contributed by atoms with Crippen molar-refractivity contribution in [3.8, 4) is 11.4 Å². The van der Waals surface area contributed by atoms with E-state index >= 15 is 0 Å². The number of allylic oxidation sites excluding steroid dienone is 4. The van der Waals surface area contributed by atoms with Gasteiger partial charge in [0, 0.05) is 11.8 Å². The molecule has 1 aliphatic rings. The van der Waals surface area contributed by atoms with E-state index in [0.29, 0.717) is 23.6 Å². The Morgan fingerprint density at radius 3 is 2.79 bits per heavy atom. The predicted molar refractivity (Wildman–Crippen MR) is 130 cm³/mol. The summed E-state index contributed by atoms with van der Waals surface area (Å²) in [4.78, 5) is 24.8. The van der Waals surface area contributed by atoms with Crippen molar-refractivity contribution in [2.45, 2.75) is 45.9 Å². The normalized spacial score (nSPS) is 19.7. The summed E-state index contributed by atoms with van der Waals surface area (Å²) in [6.07, 6.45) is 7.86. The molecule has 2 heterocycles. The van der Waals surface area contributed by atoms with Crippen molar-refractivity contribution < 1.29 is 14.3 Å². The summed E-state index contributed by atoms with van der Waals surface area (Å²) in [6.45, 7) is 9.52. The number of hydrogen-bond acceptors (Lipinski definition) is 7. The summed E-state index contributed by atoms with van der Waals surface area (Å²) in [5.74, 6) is -0.672. The molecule has 2 aromatic heterocycles. The van der Waals surface area contributed by atoms with Crippen LogP contribution in [-0.4, -0.2) is 38.2 Å². The van der Waals surface area contributed by atoms with Gasteiger partial charge in [-0.15, -0.1) is 11.3 Å². The molecule has 1 amide bonds. The number of rotatable bonds is 10. The number of halogens is 1. The molecule has 1 aliphatic carbocycles. The number of nitrogens with zero attached hydrogens (tertiary/aromatic N) is 3. The maximum Gasteiger partial charge on any atom is 0.231 e. The molecule has 0 aromatic carbocycles. The highest BCUT2D eigenvalue weighted by Gasteiger charge is 2.43. The van der Waals surface area contributed by atoms with Gasteiger partial charge in [0.2, 0.25) is 5.91 Å². The smallest absolute Gasteiger partial charge is 0.231 e. The summed E-state index contributed by atoms with van der Waals surface area (Å²) in [7, 11) is 0. The Kier molecular flexibility index (Phi) is 8.24. The van der Waals surface area contributed by atoms with Crippen LogP contribution in [-0.2, 0) is 4.79 Å². The fourth-order valence-electron chi connectivity index (χ4n) is 3.20. The highest BCUT2D eigenvalue weighted by Crippen LogP contribution is 2.35. The number of aromatic nitrogens is 3. The minimum Gasteiger partial charge on any atom is -0.388 e. The molecule has 0 radical (unpaired) electrons. The first kappa shape index (κ1) is 24.5. The largest absolute Gasteiger partial charge is 0.388 e. The number of carbonyl (C=O) groups is 1. The molecule has 1 unspecified atom stereocenters. The fraction of sp³-hybridized carbons (Fsp3) is 0.333. The Labute approximate surface area is 196 Å². The maximum atomic E-state index is 13.1. The van der Waals surface area contributed by atoms with Gasteiger partial charge in [0.05, 0.1) is 23.2 Å². The molecule has 0 aliphatic heterocycles. The number of amides is 1. The van der Waals surface area contributed by atoms with Crippen molar-refractivity contribution in [1.82, 2.24) is 15.0 Å². The molecule has 9 heteroatoms. The van der Waals surface area contributed by atoms with Crippen LogP contribution in [0.1, 0.15) is 33.6 Å². The van der Waals surface area contributed by atoms with Crippen LogP contribution >= 0.6 is 11.3 Å². The minimum absolute atomic E-state index is 0.252. The second-order valence-electron chi connectivity index (χ2n) is 7.65. The van der Waals surface area contributed by atoms with Crippen molar-refractivity contribution in [3.63, 3.8) is 0 Å². The average Bonchev–Trinajstić information content (AvgIpc) is 3.37. The van der Waals surface area contributed by atoms with Crippen LogP contribution in [0.15, 0.2) is 65.6 Å². The van der Waals surface area contributed by atoms with Crippen LogP contribution in [0.2, 0.25) is 0 Å². The monoisotopic (exact) mass is 469 g/mol. The van der Waals surface area contributed by atoms with E-state index in [4.69, 9.17) is 0 Å². The third-order valence-electron chi connectivity index (χ3n) is 5.20. The number of hydrogen-bond donors (Lipinski definition) is 3. The van der Waals surface area contributed by atoms with Crippen molar-refractivity contribution >= 4 is 28.1 Å². The topological polar surface area (TPSA) is 100 Å². The molecular formula is C24H28FN5O2S. The highest BCUT2D eigenvalue weighted by molar-refractivity contribution is 7.14. The summed E-state index contributed by atoms with van der Waals surface area (Å²) < 4.78 is 13.1. The predicted octanol–water partition coefficient (Wildman–Crippen LogP) is 5.04. The molecule has 3 N–H and O–H groups in total. The van der Waals surface area contributed by atoms with E-state index in [1.807, 2.05) is 32.9 Å². The maximum absolute atomic E-state index is 13.1. The number of nitrogens with one attached hydrogen (secondary N) is 2. The minimum atomic E-state index is -1.07. The molecule has 7 nitrogen and oxygen atoms in total. The van der Waals surface area contributed by atoms with E-state index in [9.17, 15) is 14.3 Å². The zero-order chi connectivity index (χ0) is 24.0. The van der Waals surface area contributed by atoms with Gasteiger partial charge in [-0.2, -0.15) is 0 Å². The fourth-order valence-corrected chi connectivity index (χ4v) is 3.90. The molecule has 3 rings (SSSR count). The number of anilines is 2. The van der Waals surface area contributed by atoms with Crippen LogP contribution in [0.3, 0.4) is 0 Å². The second kappa shape index (κ2) is 11.1. The van der Waals surface area contributed by atoms with E-state index in [0.717, 1.165) is 21.8 Å². The number of aliphatic hydroxyl groups excluding tert-OH is 1. The zero-order valence-electron chi connectivity index (χ0n) is 18.9. The Hall–Kier alpha value is -3.17. The van der Waals surface area contributed by atoms with E-state index in [1.54, 1.807) is 23.7 Å². The number of alkyl halides is 1. The summed E-state index contributed by atoms with van der Waals surface area (Å²) >= 11 is 1.41. The highest BCUT2D eigenvalue weighted by atomic mass is 32.1. The molecule has 0 spiro atoms. The van der Waals surface area contributed by atoms with Crippen LogP contribution in [0.25, 0.3) is 11.4 Å². The number of carbonyl (C=O) groups excluding carboxylic acids is 1. The van der Waals surface area contributed by atoms with Crippen molar-refractivity contribution in [3.05, 3.63) is 65.6 Å². The number of aliphatic hydroxyl groups is 1. The lowest BCUT2D eigenvalue weighted by atomic mass is 10.0. The second-order valence-corrected chi connectivity index (χ2v) is 8.50. The van der Waals surface area contributed by atoms with Crippen LogP contribution in [0, 0.1) is 5.92 Å². The first-order valence-electron chi connectivity index (χ1n) is 10.7. The van der Waals surface area contributed by atoms with E-state index < -0.39 is 18.2 Å². The molecule has 1 fully saturated rings. The lowest BCUT2D eigenvalue weighted by Crippen LogP contribution is -2.16. The Bertz CT molecular complexity index is 1110. The van der Waals surface area contributed by atoms with Crippen molar-refractivity contribution in [2.75, 3.05) is 10.6 Å². The molecule has 0 bridgehead atoms. The lowest BCUT2D eigenvalue weighted by molar-refractivity contribution is -0.117. The Morgan fingerprint density at radius 1 is 1.39 bits per heavy atom. The van der Waals surface area contributed by atoms with Gasteiger partial charge in [-0.1, -0.05) is 37.8 Å². The standard InChI is InChI=1S/C24H28FN5O2S/c1-5-8-15(20(31)7-3)9-14(4)18(6-2)29-24-22(28-13-33-24)19-11-21(27-12-26-19)30-23(32)16-10-17(16)25/h5-6,8-9,11-13,16-17,20,29,31H,1,7,10H2,2-4H3,(H,26,27,30,32)/b14-9-,15-8-,18-6+/t16-,17+,20?/m0/s1. The first-order valence-corrected chi connectivity index (χ1v) is 11.6. The molecule has 174 valence electrons. The molecule has 3 atom stereocenters. The van der Waals surface area contributed by atoms with Gasteiger partial charge in [-0.05, 0) is 37.8 Å². The van der Waals surface area contributed by atoms with Crippen LogP contribution in [0.4, 0.5) is 15.2 Å². The summed E-state index contributed by atoms with van der Waals surface area (Å²) in [5, 5.41) is 17.1. The lowest BCUT2D eigenvalue weighted by Gasteiger charge is -2.14. The van der Waals surface area contributed by atoms with E-state index in [2.05, 4.69) is 32.2 Å². The van der Waals surface area contributed by atoms with Gasteiger partial charge in [-0.3, -0.25) is 4.79 Å². The first-order chi connectivity index (χ1) is 15.9. The van der Waals surface area contributed by atoms with E-state index in [1.165, 1.54) is 17.7 Å². The molecule has 33 heavy (non-hydrogen) atoms. The average molecular weight is 470 g/mol. The Balaban J connectivity index is 1.80. The SMILES string of the molecule is C=C/C=C(/C=C(C)\C(=C/C)Nc1scnc1-c1cc(NC(=O)[C@H]2C[C@H]2F)ncn1)C(O)CC. The summed E-state index contributed by atoms with van der Waals surface area (Å²) in [6, 6.07) is 1.62. The molecule has 0 saturated heterocycles. The van der Waals surface area contributed by atoms with Gasteiger partial charge < -0.3 is 15.7 Å². The molecule has 2 aromatic rings. The van der Waals surface area contributed by atoms with Gasteiger partial charge in [0.1, 0.15) is 29.0 Å². The van der Waals surface area contributed by atoms with Gasteiger partial charge in [-0.25, -0.2) is 19.3 Å². The van der Waals surface area contributed by atoms with Gasteiger partial charge in [0.15, 0.2) is 0 Å². The molecule has 1 saturated carbocycles. The number of thiazole rings is 1. The third kappa shape index (κ3) is 6.21.